The van der Waals surface area contributed by atoms with Crippen LogP contribution in [0.1, 0.15) is 44.0 Å². The Morgan fingerprint density at radius 2 is 1.97 bits per heavy atom. The summed E-state index contributed by atoms with van der Waals surface area (Å²) >= 11 is 0. The van der Waals surface area contributed by atoms with Crippen LogP contribution in [-0.2, 0) is 25.1 Å². The van der Waals surface area contributed by atoms with Gasteiger partial charge in [0.25, 0.3) is 5.56 Å². The van der Waals surface area contributed by atoms with Crippen molar-refractivity contribution in [3.63, 3.8) is 0 Å². The molecule has 1 aromatic carbocycles. The van der Waals surface area contributed by atoms with Crippen LogP contribution in [0.3, 0.4) is 0 Å². The van der Waals surface area contributed by atoms with Gasteiger partial charge in [0.2, 0.25) is 0 Å². The Hall–Kier alpha value is -3.52. The molecule has 0 spiro atoms. The molecular weight excluding hydrogens is 455 g/mol. The van der Waals surface area contributed by atoms with Gasteiger partial charge in [-0.25, -0.2) is 23.7 Å². The number of aromatic nitrogens is 4. The molecule has 0 amide bonds. The highest BCUT2D eigenvalue weighted by atomic mass is 19.1. The third-order valence-electron chi connectivity index (χ3n) is 7.09. The molecule has 0 saturated carbocycles. The van der Waals surface area contributed by atoms with Gasteiger partial charge in [-0.1, -0.05) is 12.1 Å². The van der Waals surface area contributed by atoms with E-state index in [9.17, 15) is 9.18 Å². The summed E-state index contributed by atoms with van der Waals surface area (Å²) < 4.78 is 18.0. The molecule has 1 N–H and O–H groups in total. The SMILES string of the molecule is CCn1c(=O)c2cnc(Nc3ccc4c(c3)CCC(N(C)C)C4)cc2n1-c1cccc(C(C)(C)F)n1. The third kappa shape index (κ3) is 4.41. The minimum absolute atomic E-state index is 0.150. The van der Waals surface area contributed by atoms with Crippen molar-refractivity contribution < 1.29 is 4.39 Å². The second-order valence-corrected chi connectivity index (χ2v) is 10.2. The molecule has 3 heterocycles. The number of likely N-dealkylation sites (N-methyl/N-ethyl adjacent to an activating group) is 1. The molecule has 0 saturated heterocycles. The average molecular weight is 489 g/mol. The number of hydrogen-bond acceptors (Lipinski definition) is 5. The maximum absolute atomic E-state index is 14.6. The molecule has 36 heavy (non-hydrogen) atoms. The van der Waals surface area contributed by atoms with Crippen molar-refractivity contribution >= 4 is 22.4 Å². The van der Waals surface area contributed by atoms with Crippen molar-refractivity contribution in [2.75, 3.05) is 19.4 Å². The summed E-state index contributed by atoms with van der Waals surface area (Å²) in [5.74, 6) is 1.13. The van der Waals surface area contributed by atoms with E-state index >= 15 is 0 Å². The van der Waals surface area contributed by atoms with E-state index < -0.39 is 5.67 Å². The number of aryl methyl sites for hydroxylation is 1. The second-order valence-electron chi connectivity index (χ2n) is 10.2. The van der Waals surface area contributed by atoms with Crippen molar-refractivity contribution in [3.8, 4) is 5.82 Å². The molecule has 1 atom stereocenters. The number of benzene rings is 1. The number of alkyl halides is 1. The quantitative estimate of drug-likeness (QED) is 0.415. The molecule has 3 aromatic heterocycles. The first-order valence-electron chi connectivity index (χ1n) is 12.5. The van der Waals surface area contributed by atoms with Gasteiger partial charge in [0.15, 0.2) is 5.82 Å². The first-order valence-corrected chi connectivity index (χ1v) is 12.5. The fourth-order valence-corrected chi connectivity index (χ4v) is 5.02. The third-order valence-corrected chi connectivity index (χ3v) is 7.09. The lowest BCUT2D eigenvalue weighted by molar-refractivity contribution is 0.214. The van der Waals surface area contributed by atoms with E-state index in [0.29, 0.717) is 40.8 Å². The van der Waals surface area contributed by atoms with Crippen molar-refractivity contribution in [1.82, 2.24) is 24.2 Å². The maximum atomic E-state index is 14.6. The molecular formula is C28H33FN6O. The molecule has 1 aliphatic carbocycles. The van der Waals surface area contributed by atoms with Crippen LogP contribution in [0.2, 0.25) is 0 Å². The van der Waals surface area contributed by atoms with Crippen LogP contribution >= 0.6 is 0 Å². The van der Waals surface area contributed by atoms with Crippen LogP contribution in [0.4, 0.5) is 15.9 Å². The number of nitrogens with one attached hydrogen (secondary N) is 1. The van der Waals surface area contributed by atoms with Gasteiger partial charge in [-0.3, -0.25) is 4.79 Å². The summed E-state index contributed by atoms with van der Waals surface area (Å²) in [6, 6.07) is 14.1. The Bertz CT molecular complexity index is 1480. The number of anilines is 2. The zero-order valence-corrected chi connectivity index (χ0v) is 21.5. The Kier molecular flexibility index (Phi) is 6.16. The number of hydrogen-bond donors (Lipinski definition) is 1. The van der Waals surface area contributed by atoms with Gasteiger partial charge in [-0.05, 0) is 89.5 Å². The first kappa shape index (κ1) is 24.2. The van der Waals surface area contributed by atoms with Gasteiger partial charge in [-0.2, -0.15) is 0 Å². The first-order chi connectivity index (χ1) is 17.2. The number of fused-ring (bicyclic) bond motifs is 2. The lowest BCUT2D eigenvalue weighted by Crippen LogP contribution is -2.33. The molecule has 0 bridgehead atoms. The van der Waals surface area contributed by atoms with Crippen molar-refractivity contribution in [1.29, 1.82) is 0 Å². The standard InChI is InChI=1S/C28H33FN6O/c1-6-34-27(36)22-17-30-25(16-23(22)35(34)26-9-7-8-24(32-26)28(2,3)29)31-20-12-10-19-15-21(33(4)5)13-11-18(19)14-20/h7-10,12,14,16-17,21H,6,11,13,15H2,1-5H3,(H,30,31). The molecule has 7 nitrogen and oxygen atoms in total. The Labute approximate surface area is 210 Å². The highest BCUT2D eigenvalue weighted by Crippen LogP contribution is 2.29. The molecule has 5 rings (SSSR count). The van der Waals surface area contributed by atoms with Crippen molar-refractivity contribution in [2.24, 2.45) is 0 Å². The fraction of sp³-hybridized carbons (Fsp3) is 0.393. The molecule has 4 aromatic rings. The summed E-state index contributed by atoms with van der Waals surface area (Å²) in [4.78, 5) is 24.5. The van der Waals surface area contributed by atoms with Crippen LogP contribution in [-0.4, -0.2) is 44.4 Å². The van der Waals surface area contributed by atoms with Gasteiger partial charge in [-0.15, -0.1) is 0 Å². The highest BCUT2D eigenvalue weighted by Gasteiger charge is 2.23. The topological polar surface area (TPSA) is 68.0 Å². The Balaban J connectivity index is 1.53. The lowest BCUT2D eigenvalue weighted by atomic mass is 9.87. The predicted octanol–water partition coefficient (Wildman–Crippen LogP) is 4.97. The van der Waals surface area contributed by atoms with Gasteiger partial charge in [0.1, 0.15) is 11.5 Å². The maximum Gasteiger partial charge on any atom is 0.276 e. The van der Waals surface area contributed by atoms with Crippen LogP contribution in [0.5, 0.6) is 0 Å². The lowest BCUT2D eigenvalue weighted by Gasteiger charge is -2.30. The van der Waals surface area contributed by atoms with Crippen LogP contribution in [0.25, 0.3) is 16.7 Å². The largest absolute Gasteiger partial charge is 0.340 e. The van der Waals surface area contributed by atoms with Crippen LogP contribution in [0.15, 0.2) is 53.5 Å². The van der Waals surface area contributed by atoms with E-state index in [1.54, 1.807) is 33.8 Å². The molecule has 1 aliphatic rings. The van der Waals surface area contributed by atoms with Gasteiger partial charge in [0.05, 0.1) is 16.6 Å². The van der Waals surface area contributed by atoms with E-state index in [0.717, 1.165) is 24.9 Å². The summed E-state index contributed by atoms with van der Waals surface area (Å²) in [5.41, 5.74) is 2.97. The van der Waals surface area contributed by atoms with Gasteiger partial charge < -0.3 is 10.2 Å². The zero-order valence-electron chi connectivity index (χ0n) is 21.5. The van der Waals surface area contributed by atoms with Crippen molar-refractivity contribution in [2.45, 2.75) is 58.3 Å². The Morgan fingerprint density at radius 1 is 1.17 bits per heavy atom. The van der Waals surface area contributed by atoms with E-state index in [-0.39, 0.29) is 5.56 Å². The van der Waals surface area contributed by atoms with E-state index in [4.69, 9.17) is 0 Å². The summed E-state index contributed by atoms with van der Waals surface area (Å²) in [7, 11) is 4.28. The Morgan fingerprint density at radius 3 is 2.69 bits per heavy atom. The van der Waals surface area contributed by atoms with Crippen LogP contribution in [0, 0.1) is 0 Å². The number of nitrogens with zero attached hydrogens (tertiary/aromatic N) is 5. The minimum Gasteiger partial charge on any atom is -0.340 e. The number of pyridine rings is 2. The number of rotatable bonds is 6. The molecule has 0 fully saturated rings. The number of halogens is 1. The smallest absolute Gasteiger partial charge is 0.276 e. The van der Waals surface area contributed by atoms with Crippen molar-refractivity contribution in [3.05, 3.63) is 75.8 Å². The highest BCUT2D eigenvalue weighted by molar-refractivity contribution is 5.82. The minimum atomic E-state index is -1.59. The molecule has 8 heteroatoms. The van der Waals surface area contributed by atoms with Gasteiger partial charge >= 0.3 is 0 Å². The predicted molar refractivity (Wildman–Crippen MR) is 142 cm³/mol. The normalized spacial score (nSPS) is 15.9. The summed E-state index contributed by atoms with van der Waals surface area (Å²) in [6.07, 6.45) is 4.86. The zero-order chi connectivity index (χ0) is 25.6. The molecule has 1 unspecified atom stereocenters. The van der Waals surface area contributed by atoms with E-state index in [1.165, 1.54) is 25.0 Å². The molecule has 0 radical (unpaired) electrons. The fourth-order valence-electron chi connectivity index (χ4n) is 5.02. The molecule has 188 valence electrons. The summed E-state index contributed by atoms with van der Waals surface area (Å²) in [5, 5.41) is 3.91. The van der Waals surface area contributed by atoms with E-state index in [2.05, 4.69) is 52.5 Å². The summed E-state index contributed by atoms with van der Waals surface area (Å²) in [6.45, 7) is 5.30. The molecule has 0 aliphatic heterocycles. The van der Waals surface area contributed by atoms with Gasteiger partial charge in [0, 0.05) is 30.5 Å². The van der Waals surface area contributed by atoms with Crippen LogP contribution < -0.4 is 10.9 Å². The second kappa shape index (κ2) is 9.17. The average Bonchev–Trinajstić information content (AvgIpc) is 3.14. The monoisotopic (exact) mass is 488 g/mol. The van der Waals surface area contributed by atoms with E-state index in [1.807, 2.05) is 13.0 Å².